The van der Waals surface area contributed by atoms with Crippen molar-refractivity contribution in [3.8, 4) is 0 Å². The molecule has 0 aliphatic carbocycles. The Morgan fingerprint density at radius 3 is 2.45 bits per heavy atom. The Kier molecular flexibility index (Phi) is 6.36. The normalized spacial score (nSPS) is 17.1. The zero-order valence-corrected chi connectivity index (χ0v) is 19.3. The first-order chi connectivity index (χ1) is 14.8. The predicted molar refractivity (Wildman–Crippen MR) is 128 cm³/mol. The van der Waals surface area contributed by atoms with Gasteiger partial charge in [0, 0.05) is 62.4 Å². The number of H-pyrrole nitrogens is 1. The summed E-state index contributed by atoms with van der Waals surface area (Å²) in [4.78, 5) is 5.40. The monoisotopic (exact) mass is 440 g/mol. The molecule has 1 aliphatic heterocycles. The average molecular weight is 441 g/mol. The van der Waals surface area contributed by atoms with Gasteiger partial charge in [-0.15, -0.1) is 0 Å². The van der Waals surface area contributed by atoms with E-state index < -0.39 is 10.2 Å². The maximum Gasteiger partial charge on any atom is 0.279 e. The minimum Gasteiger partial charge on any atom is -0.378 e. The van der Waals surface area contributed by atoms with Crippen LogP contribution in [-0.4, -0.2) is 51.4 Å². The summed E-state index contributed by atoms with van der Waals surface area (Å²) in [6.07, 6.45) is 3.84. The van der Waals surface area contributed by atoms with Crippen LogP contribution in [0.3, 0.4) is 0 Å². The number of nitrogens with one attached hydrogen (secondary N) is 2. The van der Waals surface area contributed by atoms with Crippen LogP contribution >= 0.6 is 0 Å². The molecule has 7 heteroatoms. The lowest BCUT2D eigenvalue weighted by Gasteiger charge is -2.30. The molecule has 0 saturated carbocycles. The SMILES string of the molecule is CC1CCN(S(=O)(=O)NC[C@@H](c2ccc(N(C)C)cc2)c2c[nH]c3ccccc23)CC1. The molecule has 1 atom stereocenters. The molecule has 1 aliphatic rings. The number of para-hydroxylation sites is 1. The minimum absolute atomic E-state index is 0.0918. The number of rotatable bonds is 7. The van der Waals surface area contributed by atoms with Gasteiger partial charge in [0.15, 0.2) is 0 Å². The van der Waals surface area contributed by atoms with Gasteiger partial charge in [0.1, 0.15) is 0 Å². The molecule has 1 aromatic heterocycles. The highest BCUT2D eigenvalue weighted by atomic mass is 32.2. The summed E-state index contributed by atoms with van der Waals surface area (Å²) in [6.45, 7) is 3.68. The van der Waals surface area contributed by atoms with Crippen molar-refractivity contribution < 1.29 is 8.42 Å². The number of benzene rings is 2. The highest BCUT2D eigenvalue weighted by Gasteiger charge is 2.28. The van der Waals surface area contributed by atoms with Crippen molar-refractivity contribution in [1.29, 1.82) is 0 Å². The zero-order chi connectivity index (χ0) is 22.0. The summed E-state index contributed by atoms with van der Waals surface area (Å²) in [5, 5.41) is 1.12. The molecule has 31 heavy (non-hydrogen) atoms. The number of fused-ring (bicyclic) bond motifs is 1. The van der Waals surface area contributed by atoms with Crippen LogP contribution in [-0.2, 0) is 10.2 Å². The maximum atomic E-state index is 13.0. The van der Waals surface area contributed by atoms with E-state index in [-0.39, 0.29) is 5.92 Å². The second-order valence-electron chi connectivity index (χ2n) is 8.76. The Hall–Kier alpha value is -2.35. The highest BCUT2D eigenvalue weighted by molar-refractivity contribution is 7.87. The van der Waals surface area contributed by atoms with Crippen LogP contribution in [0, 0.1) is 5.92 Å². The second kappa shape index (κ2) is 9.02. The second-order valence-corrected chi connectivity index (χ2v) is 10.5. The third kappa shape index (κ3) is 4.79. The number of hydrogen-bond acceptors (Lipinski definition) is 3. The standard InChI is InChI=1S/C24H32N4O2S/c1-18-12-14-28(15-13-18)31(29,30)26-17-22(19-8-10-20(11-9-19)27(2)3)23-16-25-24-7-5-4-6-21(23)24/h4-11,16,18,22,25-26H,12-15,17H2,1-3H3/t22-/m0/s1. The molecule has 0 bridgehead atoms. The van der Waals surface area contributed by atoms with Crippen LogP contribution in [0.15, 0.2) is 54.7 Å². The van der Waals surface area contributed by atoms with Gasteiger partial charge >= 0.3 is 0 Å². The summed E-state index contributed by atoms with van der Waals surface area (Å²) < 4.78 is 30.5. The van der Waals surface area contributed by atoms with Crippen LogP contribution in [0.2, 0.25) is 0 Å². The number of nitrogens with zero attached hydrogens (tertiary/aromatic N) is 2. The van der Waals surface area contributed by atoms with Gasteiger partial charge in [-0.1, -0.05) is 37.3 Å². The molecular weight excluding hydrogens is 408 g/mol. The molecule has 0 unspecified atom stereocenters. The topological polar surface area (TPSA) is 68.4 Å². The number of aromatic amines is 1. The van der Waals surface area contributed by atoms with Gasteiger partial charge in [-0.05, 0) is 48.1 Å². The number of aromatic nitrogens is 1. The Labute approximate surface area is 185 Å². The summed E-state index contributed by atoms with van der Waals surface area (Å²) >= 11 is 0. The predicted octanol–water partition coefficient (Wildman–Crippen LogP) is 3.93. The average Bonchev–Trinajstić information content (AvgIpc) is 3.18. The lowest BCUT2D eigenvalue weighted by Crippen LogP contribution is -2.45. The molecule has 0 radical (unpaired) electrons. The van der Waals surface area contributed by atoms with Crippen LogP contribution in [0.4, 0.5) is 5.69 Å². The molecule has 6 nitrogen and oxygen atoms in total. The minimum atomic E-state index is -3.51. The number of piperidine rings is 1. The first-order valence-electron chi connectivity index (χ1n) is 10.9. The molecule has 166 valence electrons. The molecule has 2 N–H and O–H groups in total. The molecule has 1 saturated heterocycles. The quantitative estimate of drug-likeness (QED) is 0.585. The van der Waals surface area contributed by atoms with Gasteiger partial charge in [0.25, 0.3) is 10.2 Å². The largest absolute Gasteiger partial charge is 0.378 e. The van der Waals surface area contributed by atoms with Gasteiger partial charge < -0.3 is 9.88 Å². The first kappa shape index (κ1) is 21.9. The molecule has 0 amide bonds. The van der Waals surface area contributed by atoms with Gasteiger partial charge in [0.05, 0.1) is 0 Å². The number of anilines is 1. The van der Waals surface area contributed by atoms with E-state index in [0.717, 1.165) is 40.6 Å². The summed E-state index contributed by atoms with van der Waals surface area (Å²) in [5.74, 6) is 0.492. The van der Waals surface area contributed by atoms with E-state index in [4.69, 9.17) is 0 Å². The van der Waals surface area contributed by atoms with Gasteiger partial charge in [0.2, 0.25) is 0 Å². The highest BCUT2D eigenvalue weighted by Crippen LogP contribution is 2.32. The third-order valence-electron chi connectivity index (χ3n) is 6.36. The lowest BCUT2D eigenvalue weighted by atomic mass is 9.91. The van der Waals surface area contributed by atoms with Crippen LogP contribution in [0.25, 0.3) is 10.9 Å². The molecule has 4 rings (SSSR count). The van der Waals surface area contributed by atoms with E-state index >= 15 is 0 Å². The summed E-state index contributed by atoms with van der Waals surface area (Å²) in [5.41, 5.74) is 4.36. The van der Waals surface area contributed by atoms with E-state index in [1.165, 1.54) is 0 Å². The van der Waals surface area contributed by atoms with E-state index in [1.54, 1.807) is 4.31 Å². The fraction of sp³-hybridized carbons (Fsp3) is 0.417. The fourth-order valence-electron chi connectivity index (χ4n) is 4.30. The van der Waals surface area contributed by atoms with Crippen LogP contribution in [0.5, 0.6) is 0 Å². The van der Waals surface area contributed by atoms with Crippen LogP contribution in [0.1, 0.15) is 36.8 Å². The van der Waals surface area contributed by atoms with Crippen molar-refractivity contribution in [3.63, 3.8) is 0 Å². The van der Waals surface area contributed by atoms with Crippen molar-refractivity contribution in [2.45, 2.75) is 25.7 Å². The van der Waals surface area contributed by atoms with Gasteiger partial charge in [-0.3, -0.25) is 0 Å². The molecule has 0 spiro atoms. The Balaban J connectivity index is 1.63. The first-order valence-corrected chi connectivity index (χ1v) is 12.4. The van der Waals surface area contributed by atoms with E-state index in [2.05, 4.69) is 51.9 Å². The van der Waals surface area contributed by atoms with Crippen molar-refractivity contribution >= 4 is 26.8 Å². The molecule has 1 fully saturated rings. The van der Waals surface area contributed by atoms with Crippen molar-refractivity contribution in [2.75, 3.05) is 38.6 Å². The van der Waals surface area contributed by atoms with E-state index in [9.17, 15) is 8.42 Å². The smallest absolute Gasteiger partial charge is 0.279 e. The maximum absolute atomic E-state index is 13.0. The molecule has 3 aromatic rings. The number of hydrogen-bond donors (Lipinski definition) is 2. The summed E-state index contributed by atoms with van der Waals surface area (Å²) in [7, 11) is 0.516. The fourth-order valence-corrected chi connectivity index (χ4v) is 5.55. The Morgan fingerprint density at radius 1 is 1.10 bits per heavy atom. The third-order valence-corrected chi connectivity index (χ3v) is 7.94. The summed E-state index contributed by atoms with van der Waals surface area (Å²) in [6, 6.07) is 16.5. The zero-order valence-electron chi connectivity index (χ0n) is 18.5. The van der Waals surface area contributed by atoms with E-state index in [0.29, 0.717) is 25.6 Å². The van der Waals surface area contributed by atoms with E-state index in [1.807, 2.05) is 38.5 Å². The Morgan fingerprint density at radius 2 is 1.77 bits per heavy atom. The molecular formula is C24H32N4O2S. The van der Waals surface area contributed by atoms with Gasteiger partial charge in [-0.25, -0.2) is 4.72 Å². The molecule has 2 aromatic carbocycles. The van der Waals surface area contributed by atoms with Crippen molar-refractivity contribution in [2.24, 2.45) is 5.92 Å². The molecule has 2 heterocycles. The lowest BCUT2D eigenvalue weighted by molar-refractivity contribution is 0.285. The van der Waals surface area contributed by atoms with Crippen molar-refractivity contribution in [3.05, 3.63) is 65.9 Å². The Bertz CT molecular complexity index is 1110. The van der Waals surface area contributed by atoms with Crippen molar-refractivity contribution in [1.82, 2.24) is 14.0 Å². The van der Waals surface area contributed by atoms with Crippen LogP contribution < -0.4 is 9.62 Å². The van der Waals surface area contributed by atoms with Gasteiger partial charge in [-0.2, -0.15) is 12.7 Å².